The average Bonchev–Trinajstić information content (AvgIpc) is 3.56. The van der Waals surface area contributed by atoms with Crippen LogP contribution in [0.5, 0.6) is 0 Å². The number of rotatable bonds is 0. The molecule has 0 bridgehead atoms. The number of allylic oxidation sites excluding steroid dienone is 2. The predicted molar refractivity (Wildman–Crippen MR) is 118 cm³/mol. The number of hydrogen-bond donors (Lipinski definition) is 0. The topological polar surface area (TPSA) is 18.5 Å². The van der Waals surface area contributed by atoms with E-state index < -0.39 is 0 Å². The van der Waals surface area contributed by atoms with Gasteiger partial charge in [-0.15, -0.1) is 0 Å². The molecule has 2 aliphatic carbocycles. The average molecular weight is 431 g/mol. The first kappa shape index (κ1) is 23.6. The quantitative estimate of drug-likeness (QED) is 0.469. The van der Waals surface area contributed by atoms with Crippen molar-refractivity contribution in [2.24, 2.45) is 0 Å². The molecule has 4 aliphatic rings. The maximum Gasteiger partial charge on any atom is 0.0466 e. The van der Waals surface area contributed by atoms with Crippen molar-refractivity contribution in [1.29, 1.82) is 0 Å². The summed E-state index contributed by atoms with van der Waals surface area (Å²) in [5.74, 6) is 0. The normalized spacial score (nSPS) is 16.8. The molecule has 0 atom stereocenters. The fraction of sp³-hybridized carbons (Fsp3) is 0.385. The van der Waals surface area contributed by atoms with Gasteiger partial charge in [0.05, 0.1) is 0 Å². The van der Waals surface area contributed by atoms with Gasteiger partial charge in [0.2, 0.25) is 0 Å². The van der Waals surface area contributed by atoms with Crippen molar-refractivity contribution in [2.75, 3.05) is 26.4 Å². The minimum atomic E-state index is 0. The number of hydrogen-bond acceptors (Lipinski definition) is 2. The molecule has 1 radical (unpaired) electrons. The minimum absolute atomic E-state index is 0. The fourth-order valence-electron chi connectivity index (χ4n) is 3.41. The van der Waals surface area contributed by atoms with Gasteiger partial charge in [-0.05, 0) is 60.8 Å². The number of fused-ring (bicyclic) bond motifs is 2. The van der Waals surface area contributed by atoms with Crippen LogP contribution in [0.3, 0.4) is 0 Å². The van der Waals surface area contributed by atoms with E-state index in [0.29, 0.717) is 0 Å². The van der Waals surface area contributed by atoms with Gasteiger partial charge in [-0.3, -0.25) is 0 Å². The molecule has 0 unspecified atom stereocenters. The third-order valence-electron chi connectivity index (χ3n) is 5.04. The van der Waals surface area contributed by atoms with Crippen LogP contribution in [0.25, 0.3) is 12.2 Å². The SMILES string of the molecule is C1=Cc2ccccc2C1.C1=Cc2ccccc2C1.C1CCOC1.C1CCOC1.[Mn]. The zero-order valence-electron chi connectivity index (χ0n) is 17.2. The van der Waals surface area contributed by atoms with Crippen LogP contribution >= 0.6 is 0 Å². The van der Waals surface area contributed by atoms with Crippen molar-refractivity contribution in [2.45, 2.75) is 38.5 Å². The second-order valence-electron chi connectivity index (χ2n) is 7.25. The van der Waals surface area contributed by atoms with Crippen molar-refractivity contribution >= 4 is 12.2 Å². The zero-order chi connectivity index (χ0) is 19.3. The summed E-state index contributed by atoms with van der Waals surface area (Å²) in [5.41, 5.74) is 5.69. The molecule has 29 heavy (non-hydrogen) atoms. The summed E-state index contributed by atoms with van der Waals surface area (Å²) in [6, 6.07) is 17.0. The largest absolute Gasteiger partial charge is 0.381 e. The number of benzene rings is 2. The third kappa shape index (κ3) is 8.72. The Morgan fingerprint density at radius 3 is 1.21 bits per heavy atom. The van der Waals surface area contributed by atoms with Crippen molar-refractivity contribution < 1.29 is 26.5 Å². The first-order valence-electron chi connectivity index (χ1n) is 10.6. The molecule has 0 amide bonds. The molecule has 155 valence electrons. The molecule has 0 N–H and O–H groups in total. The molecule has 2 heterocycles. The van der Waals surface area contributed by atoms with Gasteiger partial charge in [-0.25, -0.2) is 0 Å². The molecule has 3 heteroatoms. The predicted octanol–water partition coefficient (Wildman–Crippen LogP) is 6.10. The molecular weight excluding hydrogens is 399 g/mol. The van der Waals surface area contributed by atoms with Crippen LogP contribution in [0, 0.1) is 0 Å². The maximum absolute atomic E-state index is 4.94. The minimum Gasteiger partial charge on any atom is -0.381 e. The van der Waals surface area contributed by atoms with Gasteiger partial charge in [-0.1, -0.05) is 72.8 Å². The van der Waals surface area contributed by atoms with E-state index in [4.69, 9.17) is 9.47 Å². The molecule has 2 aliphatic heterocycles. The van der Waals surface area contributed by atoms with E-state index >= 15 is 0 Å². The van der Waals surface area contributed by atoms with Crippen LogP contribution < -0.4 is 0 Å². The van der Waals surface area contributed by atoms with Gasteiger partial charge in [0.1, 0.15) is 0 Å². The van der Waals surface area contributed by atoms with Gasteiger partial charge in [-0.2, -0.15) is 0 Å². The summed E-state index contributed by atoms with van der Waals surface area (Å²) in [5, 5.41) is 0. The Hall–Kier alpha value is -1.64. The first-order chi connectivity index (χ1) is 13.9. The van der Waals surface area contributed by atoms with Crippen LogP contribution in [0.2, 0.25) is 0 Å². The Labute approximate surface area is 186 Å². The van der Waals surface area contributed by atoms with Crippen molar-refractivity contribution in [3.05, 3.63) is 82.9 Å². The first-order valence-corrected chi connectivity index (χ1v) is 10.6. The summed E-state index contributed by atoms with van der Waals surface area (Å²) in [7, 11) is 0. The van der Waals surface area contributed by atoms with E-state index in [-0.39, 0.29) is 17.1 Å². The third-order valence-corrected chi connectivity index (χ3v) is 5.04. The summed E-state index contributed by atoms with van der Waals surface area (Å²) >= 11 is 0. The van der Waals surface area contributed by atoms with E-state index in [1.165, 1.54) is 47.9 Å². The second-order valence-corrected chi connectivity index (χ2v) is 7.25. The number of ether oxygens (including phenoxy) is 2. The Morgan fingerprint density at radius 1 is 0.517 bits per heavy atom. The van der Waals surface area contributed by atoms with Crippen molar-refractivity contribution in [1.82, 2.24) is 0 Å². The standard InChI is InChI=1S/2C9H8.2C4H8O.Mn/c2*1-2-5-9-7-3-6-8(9)4-1;2*1-2-4-5-3-1;/h2*1-6H,7H2;2*1-4H2;. The van der Waals surface area contributed by atoms with E-state index in [0.717, 1.165) is 39.3 Å². The van der Waals surface area contributed by atoms with E-state index in [2.05, 4.69) is 72.8 Å². The van der Waals surface area contributed by atoms with Crippen LogP contribution in [0.1, 0.15) is 47.9 Å². The molecule has 6 rings (SSSR count). The molecule has 2 nitrogen and oxygen atoms in total. The van der Waals surface area contributed by atoms with Crippen molar-refractivity contribution in [3.63, 3.8) is 0 Å². The van der Waals surface area contributed by atoms with Crippen LogP contribution in [0.4, 0.5) is 0 Å². The van der Waals surface area contributed by atoms with E-state index in [1.54, 1.807) is 0 Å². The molecule has 2 saturated heterocycles. The Bertz CT molecular complexity index is 678. The summed E-state index contributed by atoms with van der Waals surface area (Å²) in [6.07, 6.45) is 16.1. The maximum atomic E-state index is 4.94. The van der Waals surface area contributed by atoms with Crippen LogP contribution in [-0.2, 0) is 39.4 Å². The Kier molecular flexibility index (Phi) is 11.7. The van der Waals surface area contributed by atoms with E-state index in [9.17, 15) is 0 Å². The van der Waals surface area contributed by atoms with Gasteiger partial charge >= 0.3 is 0 Å². The second kappa shape index (κ2) is 14.4. The fourth-order valence-corrected chi connectivity index (χ4v) is 3.41. The summed E-state index contributed by atoms with van der Waals surface area (Å²) < 4.78 is 9.89. The smallest absolute Gasteiger partial charge is 0.0466 e. The van der Waals surface area contributed by atoms with Crippen LogP contribution in [0.15, 0.2) is 60.7 Å². The zero-order valence-corrected chi connectivity index (χ0v) is 18.4. The molecule has 0 aromatic heterocycles. The summed E-state index contributed by atoms with van der Waals surface area (Å²) in [6.45, 7) is 4.00. The van der Waals surface area contributed by atoms with Crippen molar-refractivity contribution in [3.8, 4) is 0 Å². The molecule has 2 aromatic rings. The summed E-state index contributed by atoms with van der Waals surface area (Å²) in [4.78, 5) is 0. The van der Waals surface area contributed by atoms with Crippen LogP contribution in [-0.4, -0.2) is 26.4 Å². The van der Waals surface area contributed by atoms with E-state index in [1.807, 2.05) is 0 Å². The monoisotopic (exact) mass is 431 g/mol. The molecule has 0 saturated carbocycles. The molecular formula is C26H32MnO2. The Balaban J connectivity index is 0.000000142. The molecule has 2 fully saturated rings. The van der Waals surface area contributed by atoms with Gasteiger partial charge in [0.15, 0.2) is 0 Å². The van der Waals surface area contributed by atoms with Gasteiger partial charge < -0.3 is 9.47 Å². The Morgan fingerprint density at radius 2 is 0.897 bits per heavy atom. The van der Waals surface area contributed by atoms with Gasteiger partial charge in [0, 0.05) is 43.5 Å². The van der Waals surface area contributed by atoms with Gasteiger partial charge in [0.25, 0.3) is 0 Å². The molecule has 2 aromatic carbocycles. The molecule has 0 spiro atoms.